The second-order valence-electron chi connectivity index (χ2n) is 4.64. The maximum Gasteiger partial charge on any atom is 0.0834 e. The van der Waals surface area contributed by atoms with Crippen LogP contribution in [0.25, 0.3) is 0 Å². The van der Waals surface area contributed by atoms with E-state index in [-0.39, 0.29) is 12.2 Å². The lowest BCUT2D eigenvalue weighted by Gasteiger charge is -2.32. The Labute approximate surface area is 87.0 Å². The van der Waals surface area contributed by atoms with E-state index in [2.05, 4.69) is 20.4 Å². The van der Waals surface area contributed by atoms with Crippen LogP contribution in [0.3, 0.4) is 0 Å². The summed E-state index contributed by atoms with van der Waals surface area (Å²) in [6.07, 6.45) is 4.57. The average molecular weight is 198 g/mol. The van der Waals surface area contributed by atoms with Gasteiger partial charge in [0, 0.05) is 6.61 Å². The minimum absolute atomic E-state index is 0.0496. The molecule has 1 rings (SSSR count). The SMILES string of the molecule is C=CC1CCC(OCC(C)C)C(O)C1. The first kappa shape index (κ1) is 11.7. The van der Waals surface area contributed by atoms with Crippen LogP contribution in [-0.2, 0) is 4.74 Å². The van der Waals surface area contributed by atoms with E-state index in [1.165, 1.54) is 0 Å². The first-order valence-corrected chi connectivity index (χ1v) is 5.55. The highest BCUT2D eigenvalue weighted by atomic mass is 16.5. The summed E-state index contributed by atoms with van der Waals surface area (Å²) in [6, 6.07) is 0. The summed E-state index contributed by atoms with van der Waals surface area (Å²) in [4.78, 5) is 0. The smallest absolute Gasteiger partial charge is 0.0834 e. The molecule has 0 radical (unpaired) electrons. The monoisotopic (exact) mass is 198 g/mol. The number of hydrogen-bond acceptors (Lipinski definition) is 2. The lowest BCUT2D eigenvalue weighted by atomic mass is 9.85. The van der Waals surface area contributed by atoms with Gasteiger partial charge in [0.25, 0.3) is 0 Å². The van der Waals surface area contributed by atoms with E-state index in [0.717, 1.165) is 25.9 Å². The molecule has 0 aliphatic heterocycles. The highest BCUT2D eigenvalue weighted by molar-refractivity contribution is 4.88. The van der Waals surface area contributed by atoms with E-state index < -0.39 is 0 Å². The van der Waals surface area contributed by atoms with Gasteiger partial charge in [0.1, 0.15) is 0 Å². The van der Waals surface area contributed by atoms with E-state index >= 15 is 0 Å². The Hall–Kier alpha value is -0.340. The van der Waals surface area contributed by atoms with E-state index in [9.17, 15) is 5.11 Å². The van der Waals surface area contributed by atoms with E-state index in [0.29, 0.717) is 11.8 Å². The second-order valence-corrected chi connectivity index (χ2v) is 4.64. The summed E-state index contributed by atoms with van der Waals surface area (Å²) >= 11 is 0. The third-order valence-corrected chi connectivity index (χ3v) is 2.77. The Morgan fingerprint density at radius 2 is 2.21 bits per heavy atom. The molecule has 1 aliphatic rings. The summed E-state index contributed by atoms with van der Waals surface area (Å²) in [7, 11) is 0. The van der Waals surface area contributed by atoms with Crippen molar-refractivity contribution in [3.8, 4) is 0 Å². The van der Waals surface area contributed by atoms with Crippen molar-refractivity contribution in [3.05, 3.63) is 12.7 Å². The number of hydrogen-bond donors (Lipinski definition) is 1. The van der Waals surface area contributed by atoms with Gasteiger partial charge in [-0.2, -0.15) is 0 Å². The fourth-order valence-electron chi connectivity index (χ4n) is 1.88. The molecule has 0 amide bonds. The predicted molar refractivity (Wildman–Crippen MR) is 58.1 cm³/mol. The van der Waals surface area contributed by atoms with Gasteiger partial charge in [-0.1, -0.05) is 19.9 Å². The van der Waals surface area contributed by atoms with Crippen molar-refractivity contribution >= 4 is 0 Å². The lowest BCUT2D eigenvalue weighted by Crippen LogP contribution is -2.36. The van der Waals surface area contributed by atoms with Crippen LogP contribution in [-0.4, -0.2) is 23.9 Å². The summed E-state index contributed by atoms with van der Waals surface area (Å²) in [6.45, 7) is 8.77. The zero-order valence-corrected chi connectivity index (χ0v) is 9.28. The predicted octanol–water partition coefficient (Wildman–Crippen LogP) is 2.37. The molecule has 14 heavy (non-hydrogen) atoms. The lowest BCUT2D eigenvalue weighted by molar-refractivity contribution is -0.0728. The minimum Gasteiger partial charge on any atom is -0.390 e. The Morgan fingerprint density at radius 3 is 2.71 bits per heavy atom. The second kappa shape index (κ2) is 5.52. The molecule has 1 saturated carbocycles. The van der Waals surface area contributed by atoms with Crippen molar-refractivity contribution in [3.63, 3.8) is 0 Å². The van der Waals surface area contributed by atoms with Gasteiger partial charge in [-0.05, 0) is 31.1 Å². The zero-order chi connectivity index (χ0) is 10.6. The fourth-order valence-corrected chi connectivity index (χ4v) is 1.88. The summed E-state index contributed by atoms with van der Waals surface area (Å²) < 4.78 is 5.67. The van der Waals surface area contributed by atoms with Crippen molar-refractivity contribution in [1.29, 1.82) is 0 Å². The van der Waals surface area contributed by atoms with Gasteiger partial charge >= 0.3 is 0 Å². The molecule has 0 spiro atoms. The van der Waals surface area contributed by atoms with Crippen molar-refractivity contribution in [2.75, 3.05) is 6.61 Å². The van der Waals surface area contributed by atoms with Crippen LogP contribution in [0.5, 0.6) is 0 Å². The van der Waals surface area contributed by atoms with E-state index in [1.54, 1.807) is 0 Å². The van der Waals surface area contributed by atoms with E-state index in [4.69, 9.17) is 4.74 Å². The molecule has 1 aliphatic carbocycles. The van der Waals surface area contributed by atoms with Crippen LogP contribution in [0.1, 0.15) is 33.1 Å². The van der Waals surface area contributed by atoms with Crippen LogP contribution < -0.4 is 0 Å². The van der Waals surface area contributed by atoms with Crippen molar-refractivity contribution in [2.45, 2.75) is 45.3 Å². The molecule has 0 bridgehead atoms. The van der Waals surface area contributed by atoms with Crippen molar-refractivity contribution < 1.29 is 9.84 Å². The Morgan fingerprint density at radius 1 is 1.50 bits per heavy atom. The largest absolute Gasteiger partial charge is 0.390 e. The van der Waals surface area contributed by atoms with Gasteiger partial charge < -0.3 is 9.84 Å². The Bertz CT molecular complexity index is 177. The molecule has 3 atom stereocenters. The number of aliphatic hydroxyl groups is 1. The molecule has 1 fully saturated rings. The highest BCUT2D eigenvalue weighted by Crippen LogP contribution is 2.27. The van der Waals surface area contributed by atoms with Crippen LogP contribution in [0.2, 0.25) is 0 Å². The summed E-state index contributed by atoms with van der Waals surface area (Å²) in [5.74, 6) is 1.02. The standard InChI is InChI=1S/C12H22O2/c1-4-10-5-6-12(11(13)7-10)14-8-9(2)3/h4,9-13H,1,5-8H2,2-3H3. The minimum atomic E-state index is -0.300. The number of allylic oxidation sites excluding steroid dienone is 1. The first-order valence-electron chi connectivity index (χ1n) is 5.55. The molecule has 0 aromatic heterocycles. The van der Waals surface area contributed by atoms with Crippen molar-refractivity contribution in [1.82, 2.24) is 0 Å². The normalized spacial score (nSPS) is 33.3. The first-order chi connectivity index (χ1) is 6.63. The Kier molecular flexibility index (Phi) is 4.63. The van der Waals surface area contributed by atoms with Crippen molar-refractivity contribution in [2.24, 2.45) is 11.8 Å². The molecular formula is C12H22O2. The molecule has 2 heteroatoms. The number of aliphatic hydroxyl groups excluding tert-OH is 1. The van der Waals surface area contributed by atoms with Gasteiger partial charge in [-0.15, -0.1) is 6.58 Å². The Balaban J connectivity index is 2.30. The summed E-state index contributed by atoms with van der Waals surface area (Å²) in [5.41, 5.74) is 0. The topological polar surface area (TPSA) is 29.5 Å². The molecule has 3 unspecified atom stereocenters. The third-order valence-electron chi connectivity index (χ3n) is 2.77. The van der Waals surface area contributed by atoms with Gasteiger partial charge in [-0.3, -0.25) is 0 Å². The van der Waals surface area contributed by atoms with Crippen LogP contribution in [0, 0.1) is 11.8 Å². The van der Waals surface area contributed by atoms with E-state index in [1.807, 2.05) is 6.08 Å². The van der Waals surface area contributed by atoms with Gasteiger partial charge in [0.15, 0.2) is 0 Å². The molecule has 0 aromatic carbocycles. The highest BCUT2D eigenvalue weighted by Gasteiger charge is 2.28. The molecule has 2 nitrogen and oxygen atoms in total. The van der Waals surface area contributed by atoms with Crippen LogP contribution in [0.15, 0.2) is 12.7 Å². The van der Waals surface area contributed by atoms with Gasteiger partial charge in [0.2, 0.25) is 0 Å². The molecule has 0 aromatic rings. The maximum atomic E-state index is 9.81. The summed E-state index contributed by atoms with van der Waals surface area (Å²) in [5, 5.41) is 9.81. The zero-order valence-electron chi connectivity index (χ0n) is 9.28. The molecule has 1 N–H and O–H groups in total. The molecular weight excluding hydrogens is 176 g/mol. The fraction of sp³-hybridized carbons (Fsp3) is 0.833. The number of ether oxygens (including phenoxy) is 1. The quantitative estimate of drug-likeness (QED) is 0.703. The number of rotatable bonds is 4. The average Bonchev–Trinajstić information content (AvgIpc) is 2.15. The molecule has 82 valence electrons. The van der Waals surface area contributed by atoms with Crippen LogP contribution in [0.4, 0.5) is 0 Å². The molecule has 0 saturated heterocycles. The van der Waals surface area contributed by atoms with Gasteiger partial charge in [0.05, 0.1) is 12.2 Å². The maximum absolute atomic E-state index is 9.81. The van der Waals surface area contributed by atoms with Crippen LogP contribution >= 0.6 is 0 Å². The molecule has 0 heterocycles. The van der Waals surface area contributed by atoms with Gasteiger partial charge in [-0.25, -0.2) is 0 Å². The third kappa shape index (κ3) is 3.43.